The van der Waals surface area contributed by atoms with E-state index < -0.39 is 6.10 Å². The normalized spacial score (nSPS) is 12.4. The Bertz CT molecular complexity index is 586. The third-order valence-corrected chi connectivity index (χ3v) is 3.18. The van der Waals surface area contributed by atoms with E-state index in [2.05, 4.69) is 5.32 Å². The van der Waals surface area contributed by atoms with Gasteiger partial charge < -0.3 is 10.4 Å². The fourth-order valence-corrected chi connectivity index (χ4v) is 1.98. The minimum absolute atomic E-state index is 0.271. The van der Waals surface area contributed by atoms with Crippen LogP contribution in [0.15, 0.2) is 42.5 Å². The van der Waals surface area contributed by atoms with Gasteiger partial charge in [0.05, 0.1) is 6.10 Å². The summed E-state index contributed by atoms with van der Waals surface area (Å²) in [5.41, 5.74) is 1.69. The Labute approximate surface area is 117 Å². The van der Waals surface area contributed by atoms with E-state index in [9.17, 15) is 13.9 Å². The second kappa shape index (κ2) is 6.59. The van der Waals surface area contributed by atoms with Gasteiger partial charge in [0.25, 0.3) is 0 Å². The summed E-state index contributed by atoms with van der Waals surface area (Å²) in [6.45, 7) is 2.27. The van der Waals surface area contributed by atoms with E-state index in [4.69, 9.17) is 0 Å². The van der Waals surface area contributed by atoms with Crippen molar-refractivity contribution in [3.63, 3.8) is 0 Å². The Morgan fingerprint density at radius 3 is 2.55 bits per heavy atom. The quantitative estimate of drug-likeness (QED) is 0.880. The summed E-state index contributed by atoms with van der Waals surface area (Å²) in [5, 5.41) is 13.0. The molecule has 1 atom stereocenters. The number of hydrogen-bond acceptors (Lipinski definition) is 2. The van der Waals surface area contributed by atoms with Crippen molar-refractivity contribution in [3.05, 3.63) is 70.8 Å². The van der Waals surface area contributed by atoms with Gasteiger partial charge in [-0.15, -0.1) is 0 Å². The summed E-state index contributed by atoms with van der Waals surface area (Å²) >= 11 is 0. The number of aliphatic hydroxyl groups is 1. The Kier molecular flexibility index (Phi) is 4.82. The summed E-state index contributed by atoms with van der Waals surface area (Å²) in [7, 11) is 0. The second-order valence-corrected chi connectivity index (χ2v) is 4.75. The van der Waals surface area contributed by atoms with Crippen LogP contribution >= 0.6 is 0 Å². The maximum absolute atomic E-state index is 13.4. The molecule has 0 bridgehead atoms. The largest absolute Gasteiger partial charge is 0.387 e. The molecule has 0 aliphatic carbocycles. The molecule has 2 aromatic carbocycles. The van der Waals surface area contributed by atoms with E-state index in [1.165, 1.54) is 12.1 Å². The van der Waals surface area contributed by atoms with Crippen LogP contribution < -0.4 is 5.32 Å². The molecule has 0 spiro atoms. The lowest BCUT2D eigenvalue weighted by Crippen LogP contribution is -2.21. The first-order chi connectivity index (χ1) is 9.58. The molecule has 20 heavy (non-hydrogen) atoms. The second-order valence-electron chi connectivity index (χ2n) is 4.75. The highest BCUT2D eigenvalue weighted by molar-refractivity contribution is 5.26. The van der Waals surface area contributed by atoms with Crippen molar-refractivity contribution in [3.8, 4) is 0 Å². The molecule has 0 radical (unpaired) electrons. The maximum atomic E-state index is 13.4. The molecule has 2 aromatic rings. The van der Waals surface area contributed by atoms with Gasteiger partial charge in [0.1, 0.15) is 11.6 Å². The zero-order valence-electron chi connectivity index (χ0n) is 11.2. The van der Waals surface area contributed by atoms with Crippen LogP contribution in [0.2, 0.25) is 0 Å². The molecule has 0 heterocycles. The first kappa shape index (κ1) is 14.6. The molecular weight excluding hydrogens is 260 g/mol. The van der Waals surface area contributed by atoms with Gasteiger partial charge >= 0.3 is 0 Å². The van der Waals surface area contributed by atoms with E-state index in [0.29, 0.717) is 23.2 Å². The number of rotatable bonds is 5. The Hall–Kier alpha value is -1.78. The smallest absolute Gasteiger partial charge is 0.127 e. The predicted molar refractivity (Wildman–Crippen MR) is 74.2 cm³/mol. The van der Waals surface area contributed by atoms with Crippen molar-refractivity contribution in [2.45, 2.75) is 19.6 Å². The lowest BCUT2D eigenvalue weighted by atomic mass is 10.1. The standard InChI is InChI=1S/C16H17F2NO/c1-11-8-12(6-7-14(11)17)16(20)10-19-9-13-4-2-3-5-15(13)18/h2-8,16,19-20H,9-10H2,1H3. The molecule has 0 saturated heterocycles. The minimum atomic E-state index is -0.749. The van der Waals surface area contributed by atoms with E-state index in [1.54, 1.807) is 37.3 Å². The van der Waals surface area contributed by atoms with Crippen molar-refractivity contribution in [2.24, 2.45) is 0 Å². The zero-order chi connectivity index (χ0) is 14.5. The fraction of sp³-hybridized carbons (Fsp3) is 0.250. The zero-order valence-corrected chi connectivity index (χ0v) is 11.2. The van der Waals surface area contributed by atoms with Gasteiger partial charge in [-0.2, -0.15) is 0 Å². The molecule has 2 nitrogen and oxygen atoms in total. The molecule has 0 aliphatic heterocycles. The van der Waals surface area contributed by atoms with Crippen molar-refractivity contribution in [1.29, 1.82) is 0 Å². The molecule has 1 unspecified atom stereocenters. The fourth-order valence-electron chi connectivity index (χ4n) is 1.98. The van der Waals surface area contributed by atoms with Crippen LogP contribution in [-0.2, 0) is 6.54 Å². The first-order valence-electron chi connectivity index (χ1n) is 6.46. The van der Waals surface area contributed by atoms with Crippen LogP contribution in [0.1, 0.15) is 22.8 Å². The molecule has 0 amide bonds. The van der Waals surface area contributed by atoms with Gasteiger partial charge in [-0.3, -0.25) is 0 Å². The Morgan fingerprint density at radius 1 is 1.10 bits per heavy atom. The summed E-state index contributed by atoms with van der Waals surface area (Å²) < 4.78 is 26.5. The molecule has 106 valence electrons. The van der Waals surface area contributed by atoms with Gasteiger partial charge in [0.2, 0.25) is 0 Å². The highest BCUT2D eigenvalue weighted by Gasteiger charge is 2.09. The van der Waals surface area contributed by atoms with E-state index in [1.807, 2.05) is 0 Å². The molecule has 0 fully saturated rings. The van der Waals surface area contributed by atoms with E-state index in [-0.39, 0.29) is 18.2 Å². The number of nitrogens with one attached hydrogen (secondary N) is 1. The van der Waals surface area contributed by atoms with Gasteiger partial charge in [-0.1, -0.05) is 30.3 Å². The van der Waals surface area contributed by atoms with E-state index >= 15 is 0 Å². The average Bonchev–Trinajstić information content (AvgIpc) is 2.44. The lowest BCUT2D eigenvalue weighted by molar-refractivity contribution is 0.174. The van der Waals surface area contributed by atoms with Gasteiger partial charge in [0, 0.05) is 18.7 Å². The molecule has 0 aliphatic rings. The molecule has 2 N–H and O–H groups in total. The first-order valence-corrected chi connectivity index (χ1v) is 6.46. The summed E-state index contributed by atoms with van der Waals surface area (Å²) in [4.78, 5) is 0. The number of benzene rings is 2. The van der Waals surface area contributed by atoms with Crippen molar-refractivity contribution < 1.29 is 13.9 Å². The molecule has 0 saturated carbocycles. The van der Waals surface area contributed by atoms with Crippen LogP contribution in [0.5, 0.6) is 0 Å². The number of aryl methyl sites for hydroxylation is 1. The molecule has 0 aromatic heterocycles. The third kappa shape index (κ3) is 3.62. The Morgan fingerprint density at radius 2 is 1.85 bits per heavy atom. The van der Waals surface area contributed by atoms with Crippen LogP contribution in [-0.4, -0.2) is 11.7 Å². The Balaban J connectivity index is 1.90. The third-order valence-electron chi connectivity index (χ3n) is 3.18. The van der Waals surface area contributed by atoms with Crippen molar-refractivity contribution in [1.82, 2.24) is 5.32 Å². The van der Waals surface area contributed by atoms with E-state index in [0.717, 1.165) is 0 Å². The van der Waals surface area contributed by atoms with Gasteiger partial charge in [-0.05, 0) is 30.2 Å². The van der Waals surface area contributed by atoms with Crippen LogP contribution in [0.4, 0.5) is 8.78 Å². The van der Waals surface area contributed by atoms with Crippen LogP contribution in [0.3, 0.4) is 0 Å². The molecule has 2 rings (SSSR count). The number of halogens is 2. The predicted octanol–water partition coefficient (Wildman–Crippen LogP) is 3.10. The van der Waals surface area contributed by atoms with Gasteiger partial charge in [-0.25, -0.2) is 8.78 Å². The molecular formula is C16H17F2NO. The van der Waals surface area contributed by atoms with Crippen LogP contribution in [0, 0.1) is 18.6 Å². The topological polar surface area (TPSA) is 32.3 Å². The summed E-state index contributed by atoms with van der Waals surface area (Å²) in [6, 6.07) is 11.0. The maximum Gasteiger partial charge on any atom is 0.127 e. The van der Waals surface area contributed by atoms with Crippen molar-refractivity contribution >= 4 is 0 Å². The van der Waals surface area contributed by atoms with Gasteiger partial charge in [0.15, 0.2) is 0 Å². The number of aliphatic hydroxyl groups excluding tert-OH is 1. The minimum Gasteiger partial charge on any atom is -0.387 e. The summed E-state index contributed by atoms with van der Waals surface area (Å²) in [5.74, 6) is -0.563. The molecule has 4 heteroatoms. The number of hydrogen-bond donors (Lipinski definition) is 2. The van der Waals surface area contributed by atoms with Crippen molar-refractivity contribution in [2.75, 3.05) is 6.54 Å². The SMILES string of the molecule is Cc1cc(C(O)CNCc2ccccc2F)ccc1F. The highest BCUT2D eigenvalue weighted by atomic mass is 19.1. The monoisotopic (exact) mass is 277 g/mol. The van der Waals surface area contributed by atoms with Crippen LogP contribution in [0.25, 0.3) is 0 Å². The lowest BCUT2D eigenvalue weighted by Gasteiger charge is -2.13. The summed E-state index contributed by atoms with van der Waals surface area (Å²) in [6.07, 6.45) is -0.749. The highest BCUT2D eigenvalue weighted by Crippen LogP contribution is 2.16. The average molecular weight is 277 g/mol.